The number of nitrogens with two attached hydrogens (primary N) is 1. The molecule has 4 rings (SSSR count). The molecule has 1 aromatic carbocycles. The van der Waals surface area contributed by atoms with E-state index >= 15 is 0 Å². The topological polar surface area (TPSA) is 123 Å². The molecule has 3 aromatic heterocycles. The summed E-state index contributed by atoms with van der Waals surface area (Å²) >= 11 is 1.47. The highest BCUT2D eigenvalue weighted by Gasteiger charge is 2.29. The van der Waals surface area contributed by atoms with Crippen LogP contribution in [0.15, 0.2) is 41.1 Å². The van der Waals surface area contributed by atoms with E-state index in [9.17, 15) is 5.26 Å². The molecule has 4 aromatic rings. The Labute approximate surface area is 189 Å². The number of nitrogens with zero attached hydrogens (tertiary/aromatic N) is 8. The number of allylic oxidation sites excluding steroid dienone is 1. The van der Waals surface area contributed by atoms with Crippen molar-refractivity contribution in [3.8, 4) is 11.2 Å². The Bertz CT molecular complexity index is 1390. The number of rotatable bonds is 4. The predicted molar refractivity (Wildman–Crippen MR) is 127 cm³/mol. The van der Waals surface area contributed by atoms with Crippen LogP contribution in [-0.4, -0.2) is 24.5 Å². The summed E-state index contributed by atoms with van der Waals surface area (Å²) in [6, 6.07) is 10.1. The number of para-hydroxylation sites is 1. The van der Waals surface area contributed by atoms with Gasteiger partial charge in [0, 0.05) is 12.5 Å². The van der Waals surface area contributed by atoms with Crippen molar-refractivity contribution in [1.82, 2.24) is 24.5 Å². The number of anilines is 1. The summed E-state index contributed by atoms with van der Waals surface area (Å²) in [4.78, 5) is 4.69. The lowest BCUT2D eigenvalue weighted by Gasteiger charge is -2.14. The molecule has 0 saturated heterocycles. The summed E-state index contributed by atoms with van der Waals surface area (Å²) in [6.45, 7) is 11.8. The Balaban J connectivity index is 1.95. The van der Waals surface area contributed by atoms with Gasteiger partial charge in [-0.2, -0.15) is 20.1 Å². The third-order valence-corrected chi connectivity index (χ3v) is 5.87. The molecule has 0 spiro atoms. The molecule has 3 heterocycles. The molecule has 0 bridgehead atoms. The lowest BCUT2D eigenvalue weighted by molar-refractivity contribution is 0.559. The lowest BCUT2D eigenvalue weighted by atomic mass is 9.90. The zero-order chi connectivity index (χ0) is 23.2. The summed E-state index contributed by atoms with van der Waals surface area (Å²) in [5.74, 6) is 0.653. The second kappa shape index (κ2) is 7.69. The predicted octanol–water partition coefficient (Wildman–Crippen LogP) is 5.42. The van der Waals surface area contributed by atoms with Crippen LogP contribution in [0.3, 0.4) is 0 Å². The van der Waals surface area contributed by atoms with Crippen molar-refractivity contribution < 1.29 is 0 Å². The van der Waals surface area contributed by atoms with Gasteiger partial charge in [-0.1, -0.05) is 50.8 Å². The van der Waals surface area contributed by atoms with Gasteiger partial charge >= 0.3 is 0 Å². The third kappa shape index (κ3) is 3.56. The van der Waals surface area contributed by atoms with Gasteiger partial charge in [0.05, 0.1) is 15.9 Å². The van der Waals surface area contributed by atoms with Crippen LogP contribution < -0.4 is 5.73 Å². The van der Waals surface area contributed by atoms with Gasteiger partial charge in [-0.25, -0.2) is 4.98 Å². The van der Waals surface area contributed by atoms with Crippen molar-refractivity contribution in [2.24, 2.45) is 17.3 Å². The van der Waals surface area contributed by atoms with Gasteiger partial charge in [-0.05, 0) is 24.6 Å². The SMILES string of the molecule is C=C(C)c1nn(C)c(N)c1/N=N/c1c(C#N)c(C(C)(C)C)nn1-c1nc2ccccc2s1. The monoisotopic (exact) mass is 445 g/mol. The average molecular weight is 446 g/mol. The van der Waals surface area contributed by atoms with Gasteiger partial charge in [-0.15, -0.1) is 10.2 Å². The fourth-order valence-corrected chi connectivity index (χ4v) is 4.14. The van der Waals surface area contributed by atoms with Crippen LogP contribution >= 0.6 is 11.3 Å². The van der Waals surface area contributed by atoms with Gasteiger partial charge in [0.25, 0.3) is 0 Å². The molecule has 10 heteroatoms. The summed E-state index contributed by atoms with van der Waals surface area (Å²) < 4.78 is 4.12. The molecule has 0 radical (unpaired) electrons. The molecule has 0 fully saturated rings. The Kier molecular flexibility index (Phi) is 5.14. The Hall–Kier alpha value is -3.84. The fourth-order valence-electron chi connectivity index (χ4n) is 3.22. The largest absolute Gasteiger partial charge is 0.382 e. The summed E-state index contributed by atoms with van der Waals surface area (Å²) in [7, 11) is 1.73. The summed E-state index contributed by atoms with van der Waals surface area (Å²) in [6.07, 6.45) is 0. The maximum absolute atomic E-state index is 9.98. The molecule has 0 aliphatic heterocycles. The van der Waals surface area contributed by atoms with Gasteiger partial charge in [0.15, 0.2) is 11.5 Å². The van der Waals surface area contributed by atoms with Gasteiger partial charge in [0.2, 0.25) is 5.13 Å². The Morgan fingerprint density at radius 3 is 2.56 bits per heavy atom. The normalized spacial score (nSPS) is 12.0. The standard InChI is InChI=1S/C22H23N9S/c1-12(2)16-17(19(24)30(6)28-16)26-27-20-13(11-23)18(22(3,4)5)29-31(20)21-25-14-9-7-8-10-15(14)32-21/h7-10H,1,24H2,2-6H3/b27-26+. The van der Waals surface area contributed by atoms with Crippen LogP contribution in [0.25, 0.3) is 20.9 Å². The van der Waals surface area contributed by atoms with Crippen LogP contribution in [0.4, 0.5) is 17.3 Å². The number of azo groups is 1. The molecule has 0 unspecified atom stereocenters. The van der Waals surface area contributed by atoms with E-state index in [0.717, 1.165) is 10.2 Å². The maximum Gasteiger partial charge on any atom is 0.213 e. The quantitative estimate of drug-likeness (QED) is 0.420. The van der Waals surface area contributed by atoms with Gasteiger partial charge in [0.1, 0.15) is 23.1 Å². The van der Waals surface area contributed by atoms with E-state index in [-0.39, 0.29) is 5.41 Å². The minimum Gasteiger partial charge on any atom is -0.382 e. The Morgan fingerprint density at radius 2 is 1.94 bits per heavy atom. The number of thiazole rings is 1. The van der Waals surface area contributed by atoms with E-state index in [1.54, 1.807) is 11.7 Å². The number of hydrogen-bond donors (Lipinski definition) is 1. The van der Waals surface area contributed by atoms with E-state index in [0.29, 0.717) is 45.0 Å². The van der Waals surface area contributed by atoms with Crippen molar-refractivity contribution >= 4 is 44.4 Å². The van der Waals surface area contributed by atoms with Crippen molar-refractivity contribution in [1.29, 1.82) is 5.26 Å². The van der Waals surface area contributed by atoms with Crippen LogP contribution in [0, 0.1) is 11.3 Å². The Morgan fingerprint density at radius 1 is 1.22 bits per heavy atom. The minimum absolute atomic E-state index is 0.299. The smallest absolute Gasteiger partial charge is 0.213 e. The number of hydrogen-bond acceptors (Lipinski definition) is 8. The molecule has 2 N–H and O–H groups in total. The van der Waals surface area contributed by atoms with Crippen molar-refractivity contribution in [3.05, 3.63) is 47.8 Å². The first-order chi connectivity index (χ1) is 15.1. The first-order valence-corrected chi connectivity index (χ1v) is 10.7. The zero-order valence-corrected chi connectivity index (χ0v) is 19.4. The highest BCUT2D eigenvalue weighted by Crippen LogP contribution is 2.37. The molecule has 0 amide bonds. The molecular weight excluding hydrogens is 422 g/mol. The van der Waals surface area contributed by atoms with Crippen molar-refractivity contribution in [2.45, 2.75) is 33.1 Å². The van der Waals surface area contributed by atoms with Gasteiger partial charge in [-0.3, -0.25) is 4.68 Å². The number of aryl methyl sites for hydroxylation is 1. The van der Waals surface area contributed by atoms with Crippen LogP contribution in [0.2, 0.25) is 0 Å². The molecule has 0 atom stereocenters. The molecule has 0 aliphatic rings. The summed E-state index contributed by atoms with van der Waals surface area (Å²) in [5, 5.41) is 28.5. The fraction of sp³-hybridized carbons (Fsp3) is 0.273. The van der Waals surface area contributed by atoms with Gasteiger partial charge < -0.3 is 5.73 Å². The number of fused-ring (bicyclic) bond motifs is 1. The molecule has 0 aliphatic carbocycles. The van der Waals surface area contributed by atoms with E-state index in [2.05, 4.69) is 33.0 Å². The van der Waals surface area contributed by atoms with Crippen LogP contribution in [-0.2, 0) is 12.5 Å². The van der Waals surface area contributed by atoms with Crippen LogP contribution in [0.5, 0.6) is 0 Å². The minimum atomic E-state index is -0.381. The van der Waals surface area contributed by atoms with Crippen molar-refractivity contribution in [3.63, 3.8) is 0 Å². The number of aromatic nitrogens is 5. The first kappa shape index (κ1) is 21.4. The van der Waals surface area contributed by atoms with E-state index < -0.39 is 0 Å². The highest BCUT2D eigenvalue weighted by atomic mass is 32.1. The van der Waals surface area contributed by atoms with E-state index in [1.165, 1.54) is 16.0 Å². The van der Waals surface area contributed by atoms with E-state index in [4.69, 9.17) is 10.8 Å². The van der Waals surface area contributed by atoms with Crippen molar-refractivity contribution in [2.75, 3.05) is 5.73 Å². The zero-order valence-electron chi connectivity index (χ0n) is 18.6. The second-order valence-electron chi connectivity index (χ2n) is 8.47. The number of nitrogen functional groups attached to an aromatic ring is 1. The molecule has 32 heavy (non-hydrogen) atoms. The number of nitriles is 1. The molecular formula is C22H23N9S. The van der Waals surface area contributed by atoms with E-state index in [1.807, 2.05) is 52.0 Å². The molecule has 162 valence electrons. The van der Waals surface area contributed by atoms with Crippen LogP contribution in [0.1, 0.15) is 44.6 Å². The summed E-state index contributed by atoms with van der Waals surface area (Å²) in [5.41, 5.74) is 9.25. The maximum atomic E-state index is 9.98. The second-order valence-corrected chi connectivity index (χ2v) is 9.48. The first-order valence-electron chi connectivity index (χ1n) is 9.91. The highest BCUT2D eigenvalue weighted by molar-refractivity contribution is 7.20. The third-order valence-electron chi connectivity index (χ3n) is 4.86. The average Bonchev–Trinajstić information content (AvgIpc) is 3.40. The molecule has 9 nitrogen and oxygen atoms in total. The molecule has 0 saturated carbocycles. The lowest BCUT2D eigenvalue weighted by Crippen LogP contribution is -2.14. The number of benzene rings is 1.